The van der Waals surface area contributed by atoms with Crippen molar-refractivity contribution in [2.24, 2.45) is 0 Å². The summed E-state index contributed by atoms with van der Waals surface area (Å²) in [4.78, 5) is 9.13. The van der Waals surface area contributed by atoms with Gasteiger partial charge in [-0.1, -0.05) is 31.5 Å². The molecule has 1 heterocycles. The fourth-order valence-corrected chi connectivity index (χ4v) is 4.03. The van der Waals surface area contributed by atoms with Crippen LogP contribution in [0.2, 0.25) is 0 Å². The zero-order chi connectivity index (χ0) is 13.7. The number of thioether (sulfide) groups is 1. The largest absolute Gasteiger partial charge is 0.313 e. The van der Waals surface area contributed by atoms with Crippen LogP contribution in [-0.4, -0.2) is 27.8 Å². The van der Waals surface area contributed by atoms with E-state index in [2.05, 4.69) is 22.2 Å². The summed E-state index contributed by atoms with van der Waals surface area (Å²) in [6.07, 6.45) is 6.47. The molecule has 2 atom stereocenters. The first kappa shape index (κ1) is 14.8. The molecule has 0 aromatic carbocycles. The zero-order valence-electron chi connectivity index (χ0n) is 12.3. The first-order valence-electron chi connectivity index (χ1n) is 7.41. The van der Waals surface area contributed by atoms with E-state index in [1.165, 1.54) is 32.1 Å². The van der Waals surface area contributed by atoms with Gasteiger partial charge in [-0.05, 0) is 45.7 Å². The molecule has 0 spiro atoms. The van der Waals surface area contributed by atoms with Gasteiger partial charge in [-0.15, -0.1) is 0 Å². The van der Waals surface area contributed by atoms with Crippen molar-refractivity contribution < 1.29 is 0 Å². The molecule has 0 bridgehead atoms. The molecule has 1 aliphatic carbocycles. The van der Waals surface area contributed by atoms with Crippen LogP contribution in [0, 0.1) is 13.8 Å². The lowest BCUT2D eigenvalue weighted by Crippen LogP contribution is -2.40. The second kappa shape index (κ2) is 7.25. The molecule has 19 heavy (non-hydrogen) atoms. The molecule has 1 aliphatic rings. The molecule has 1 N–H and O–H groups in total. The van der Waals surface area contributed by atoms with Crippen LogP contribution < -0.4 is 5.32 Å². The maximum Gasteiger partial charge on any atom is 0.188 e. The van der Waals surface area contributed by atoms with E-state index < -0.39 is 0 Å². The number of hydrogen-bond donors (Lipinski definition) is 1. The van der Waals surface area contributed by atoms with Crippen LogP contribution in [-0.2, 0) is 0 Å². The van der Waals surface area contributed by atoms with Crippen LogP contribution in [0.5, 0.6) is 0 Å². The quantitative estimate of drug-likeness (QED) is 0.837. The second-order valence-electron chi connectivity index (χ2n) is 5.43. The van der Waals surface area contributed by atoms with Gasteiger partial charge in [-0.2, -0.15) is 0 Å². The molecule has 0 amide bonds. The Balaban J connectivity index is 2.01. The van der Waals surface area contributed by atoms with Crippen molar-refractivity contribution in [3.63, 3.8) is 0 Å². The van der Waals surface area contributed by atoms with Crippen molar-refractivity contribution in [1.29, 1.82) is 0 Å². The van der Waals surface area contributed by atoms with E-state index in [0.29, 0.717) is 11.3 Å². The summed E-state index contributed by atoms with van der Waals surface area (Å²) in [5, 5.41) is 5.27. The number of aromatic nitrogens is 2. The van der Waals surface area contributed by atoms with Gasteiger partial charge >= 0.3 is 0 Å². The Bertz CT molecular complexity index is 388. The number of rotatable bonds is 5. The van der Waals surface area contributed by atoms with Crippen molar-refractivity contribution in [2.45, 2.75) is 69.3 Å². The third-order valence-electron chi connectivity index (χ3n) is 3.58. The highest BCUT2D eigenvalue weighted by Crippen LogP contribution is 2.32. The maximum atomic E-state index is 4.57. The van der Waals surface area contributed by atoms with E-state index in [1.54, 1.807) is 0 Å². The summed E-state index contributed by atoms with van der Waals surface area (Å²) < 4.78 is 0. The standard InChI is InChI=1S/C15H25N3S/c1-4-9-16-13-7-5-6-8-14(13)19-15-17-11(2)10-12(3)18-15/h10,13-14,16H,4-9H2,1-3H3. The predicted octanol–water partition coefficient (Wildman–Crippen LogP) is 3.50. The van der Waals surface area contributed by atoms with Crippen molar-refractivity contribution in [3.05, 3.63) is 17.5 Å². The van der Waals surface area contributed by atoms with Crippen molar-refractivity contribution in [1.82, 2.24) is 15.3 Å². The molecule has 3 nitrogen and oxygen atoms in total. The summed E-state index contributed by atoms with van der Waals surface area (Å²) in [5.41, 5.74) is 2.15. The molecule has 2 unspecified atom stereocenters. The van der Waals surface area contributed by atoms with Gasteiger partial charge in [0.15, 0.2) is 5.16 Å². The lowest BCUT2D eigenvalue weighted by Gasteiger charge is -2.31. The van der Waals surface area contributed by atoms with Crippen LogP contribution in [0.3, 0.4) is 0 Å². The highest BCUT2D eigenvalue weighted by molar-refractivity contribution is 7.99. The average molecular weight is 279 g/mol. The van der Waals surface area contributed by atoms with Gasteiger partial charge in [0, 0.05) is 22.7 Å². The first-order valence-corrected chi connectivity index (χ1v) is 8.29. The minimum atomic E-state index is 0.626. The fraction of sp³-hybridized carbons (Fsp3) is 0.733. The molecule has 106 valence electrons. The molecule has 4 heteroatoms. The van der Waals surface area contributed by atoms with Crippen molar-refractivity contribution in [3.8, 4) is 0 Å². The van der Waals surface area contributed by atoms with E-state index in [-0.39, 0.29) is 0 Å². The topological polar surface area (TPSA) is 37.8 Å². The Hall–Kier alpha value is -0.610. The molecule has 1 saturated carbocycles. The monoisotopic (exact) mass is 279 g/mol. The Labute approximate surface area is 121 Å². The normalized spacial score (nSPS) is 23.5. The highest BCUT2D eigenvalue weighted by Gasteiger charge is 2.26. The minimum absolute atomic E-state index is 0.626. The van der Waals surface area contributed by atoms with E-state index in [9.17, 15) is 0 Å². The summed E-state index contributed by atoms with van der Waals surface area (Å²) in [5.74, 6) is 0. The van der Waals surface area contributed by atoms with Crippen molar-refractivity contribution >= 4 is 11.8 Å². The van der Waals surface area contributed by atoms with E-state index >= 15 is 0 Å². The highest BCUT2D eigenvalue weighted by atomic mass is 32.2. The summed E-state index contributed by atoms with van der Waals surface area (Å²) in [7, 11) is 0. The van der Waals surface area contributed by atoms with Gasteiger partial charge in [0.2, 0.25) is 0 Å². The Kier molecular flexibility index (Phi) is 5.64. The minimum Gasteiger partial charge on any atom is -0.313 e. The number of aryl methyl sites for hydroxylation is 2. The molecule has 2 rings (SSSR count). The first-order chi connectivity index (χ1) is 9.19. The lowest BCUT2D eigenvalue weighted by atomic mass is 9.95. The smallest absolute Gasteiger partial charge is 0.188 e. The van der Waals surface area contributed by atoms with Gasteiger partial charge in [0.1, 0.15) is 0 Å². The van der Waals surface area contributed by atoms with Crippen molar-refractivity contribution in [2.75, 3.05) is 6.54 Å². The molecular weight excluding hydrogens is 254 g/mol. The molecular formula is C15H25N3S. The molecule has 0 aliphatic heterocycles. The molecule has 1 aromatic rings. The number of nitrogens with one attached hydrogen (secondary N) is 1. The maximum absolute atomic E-state index is 4.57. The van der Waals surface area contributed by atoms with Crippen LogP contribution in [0.25, 0.3) is 0 Å². The molecule has 1 aromatic heterocycles. The van der Waals surface area contributed by atoms with Gasteiger partial charge in [-0.25, -0.2) is 9.97 Å². The van der Waals surface area contributed by atoms with Gasteiger partial charge in [-0.3, -0.25) is 0 Å². The Morgan fingerprint density at radius 2 is 1.89 bits per heavy atom. The second-order valence-corrected chi connectivity index (χ2v) is 6.64. The average Bonchev–Trinajstić information content (AvgIpc) is 2.36. The lowest BCUT2D eigenvalue weighted by molar-refractivity contribution is 0.384. The zero-order valence-corrected chi connectivity index (χ0v) is 13.1. The van der Waals surface area contributed by atoms with Crippen LogP contribution in [0.1, 0.15) is 50.4 Å². The Morgan fingerprint density at radius 1 is 1.21 bits per heavy atom. The van der Waals surface area contributed by atoms with Gasteiger partial charge in [0.05, 0.1) is 0 Å². The van der Waals surface area contributed by atoms with Crippen LogP contribution >= 0.6 is 11.8 Å². The van der Waals surface area contributed by atoms with Crippen LogP contribution in [0.4, 0.5) is 0 Å². The molecule has 0 saturated heterocycles. The van der Waals surface area contributed by atoms with Crippen LogP contribution in [0.15, 0.2) is 11.2 Å². The molecule has 1 fully saturated rings. The van der Waals surface area contributed by atoms with E-state index in [0.717, 1.165) is 23.1 Å². The third-order valence-corrected chi connectivity index (χ3v) is 4.84. The summed E-state index contributed by atoms with van der Waals surface area (Å²) >= 11 is 1.87. The third kappa shape index (κ3) is 4.46. The number of nitrogens with zero attached hydrogens (tertiary/aromatic N) is 2. The summed E-state index contributed by atoms with van der Waals surface area (Å²) in [6.45, 7) is 7.44. The molecule has 0 radical (unpaired) electrons. The number of hydrogen-bond acceptors (Lipinski definition) is 4. The van der Waals surface area contributed by atoms with Gasteiger partial charge in [0.25, 0.3) is 0 Å². The SMILES string of the molecule is CCCNC1CCCCC1Sc1nc(C)cc(C)n1. The predicted molar refractivity (Wildman–Crippen MR) is 81.7 cm³/mol. The Morgan fingerprint density at radius 3 is 2.58 bits per heavy atom. The summed E-state index contributed by atoms with van der Waals surface area (Å²) in [6, 6.07) is 2.67. The fourth-order valence-electron chi connectivity index (χ4n) is 2.68. The van der Waals surface area contributed by atoms with Gasteiger partial charge < -0.3 is 5.32 Å². The van der Waals surface area contributed by atoms with E-state index in [1.807, 2.05) is 31.7 Å². The van der Waals surface area contributed by atoms with E-state index in [4.69, 9.17) is 0 Å².